The topological polar surface area (TPSA) is 15.3 Å². The Kier molecular flexibility index (Phi) is 5.34. The van der Waals surface area contributed by atoms with Gasteiger partial charge in [0.2, 0.25) is 0 Å². The van der Waals surface area contributed by atoms with Crippen molar-refractivity contribution in [1.29, 1.82) is 0 Å². The van der Waals surface area contributed by atoms with Crippen molar-refractivity contribution in [2.75, 3.05) is 25.5 Å². The molecule has 3 heteroatoms. The minimum absolute atomic E-state index is 0.0256. The van der Waals surface area contributed by atoms with Gasteiger partial charge in [-0.05, 0) is 38.1 Å². The summed E-state index contributed by atoms with van der Waals surface area (Å²) in [6, 6.07) is 15.3. The van der Waals surface area contributed by atoms with E-state index in [4.69, 9.17) is 0 Å². The maximum atomic E-state index is 13.9. The van der Waals surface area contributed by atoms with E-state index in [0.717, 1.165) is 18.5 Å². The molecule has 0 aliphatic carbocycles. The molecule has 0 aliphatic rings. The third-order valence-corrected chi connectivity index (χ3v) is 3.91. The highest BCUT2D eigenvalue weighted by molar-refractivity contribution is 5.52. The molecule has 2 rings (SSSR count). The first kappa shape index (κ1) is 15.5. The molecule has 1 atom stereocenters. The van der Waals surface area contributed by atoms with Gasteiger partial charge in [-0.15, -0.1) is 0 Å². The zero-order valence-corrected chi connectivity index (χ0v) is 12.9. The molecular weight excluding hydrogens is 263 g/mol. The van der Waals surface area contributed by atoms with E-state index in [1.54, 1.807) is 6.07 Å². The lowest BCUT2D eigenvalue weighted by molar-refractivity contribution is 0.509. The van der Waals surface area contributed by atoms with E-state index in [2.05, 4.69) is 36.3 Å². The van der Waals surface area contributed by atoms with E-state index in [0.29, 0.717) is 0 Å². The number of anilines is 1. The van der Waals surface area contributed by atoms with Crippen molar-refractivity contribution < 1.29 is 4.39 Å². The first-order valence-corrected chi connectivity index (χ1v) is 7.32. The molecule has 2 aromatic rings. The van der Waals surface area contributed by atoms with Gasteiger partial charge in [-0.2, -0.15) is 0 Å². The van der Waals surface area contributed by atoms with Crippen LogP contribution in [0.5, 0.6) is 0 Å². The third-order valence-electron chi connectivity index (χ3n) is 3.91. The molecule has 21 heavy (non-hydrogen) atoms. The maximum Gasteiger partial charge on any atom is 0.127 e. The summed E-state index contributed by atoms with van der Waals surface area (Å²) < 4.78 is 13.9. The van der Waals surface area contributed by atoms with Gasteiger partial charge in [0.05, 0.1) is 0 Å². The molecule has 1 N–H and O–H groups in total. The smallest absolute Gasteiger partial charge is 0.127 e. The Balaban J connectivity index is 2.04. The molecule has 112 valence electrons. The Morgan fingerprint density at radius 1 is 1.10 bits per heavy atom. The number of nitrogens with one attached hydrogen (secondary N) is 1. The van der Waals surface area contributed by atoms with Crippen LogP contribution in [0.2, 0.25) is 0 Å². The monoisotopic (exact) mass is 286 g/mol. The number of benzene rings is 2. The number of aryl methyl sites for hydroxylation is 1. The Labute approximate surface area is 126 Å². The minimum atomic E-state index is -0.143. The van der Waals surface area contributed by atoms with Crippen LogP contribution in [0.4, 0.5) is 10.1 Å². The molecule has 0 radical (unpaired) electrons. The molecule has 0 spiro atoms. The van der Waals surface area contributed by atoms with E-state index in [1.807, 2.05) is 31.3 Å². The summed E-state index contributed by atoms with van der Waals surface area (Å²) in [7, 11) is 3.96. The van der Waals surface area contributed by atoms with Crippen molar-refractivity contribution in [3.63, 3.8) is 0 Å². The number of rotatable bonds is 6. The first-order chi connectivity index (χ1) is 10.1. The molecule has 0 bridgehead atoms. The zero-order valence-electron chi connectivity index (χ0n) is 12.9. The molecule has 0 saturated carbocycles. The molecular formula is C18H23FN2. The fourth-order valence-electron chi connectivity index (χ4n) is 2.65. The molecule has 0 aromatic heterocycles. The second-order valence-corrected chi connectivity index (χ2v) is 5.36. The first-order valence-electron chi connectivity index (χ1n) is 7.32. The zero-order chi connectivity index (χ0) is 15.2. The normalized spacial score (nSPS) is 12.2. The SMILES string of the molecule is CNC(CCN(C)c1ccccc1C)c1ccccc1F. The van der Waals surface area contributed by atoms with E-state index in [1.165, 1.54) is 17.3 Å². The molecule has 0 fully saturated rings. The predicted molar refractivity (Wildman–Crippen MR) is 87.3 cm³/mol. The summed E-state index contributed by atoms with van der Waals surface area (Å²) in [4.78, 5) is 2.22. The van der Waals surface area contributed by atoms with Crippen molar-refractivity contribution in [3.8, 4) is 0 Å². The summed E-state index contributed by atoms with van der Waals surface area (Å²) in [5.74, 6) is -0.143. The van der Waals surface area contributed by atoms with Crippen LogP contribution >= 0.6 is 0 Å². The van der Waals surface area contributed by atoms with Crippen molar-refractivity contribution >= 4 is 5.69 Å². The third kappa shape index (κ3) is 3.82. The highest BCUT2D eigenvalue weighted by atomic mass is 19.1. The fourth-order valence-corrected chi connectivity index (χ4v) is 2.65. The lowest BCUT2D eigenvalue weighted by Crippen LogP contribution is -2.26. The maximum absolute atomic E-state index is 13.9. The van der Waals surface area contributed by atoms with E-state index < -0.39 is 0 Å². The standard InChI is InChI=1S/C18H23FN2/c1-14-8-4-7-11-18(14)21(3)13-12-17(20-2)15-9-5-6-10-16(15)19/h4-11,17,20H,12-13H2,1-3H3. The summed E-state index contributed by atoms with van der Waals surface area (Å²) in [6.45, 7) is 2.98. The molecule has 0 amide bonds. The van der Waals surface area contributed by atoms with Crippen LogP contribution < -0.4 is 10.2 Å². The highest BCUT2D eigenvalue weighted by Crippen LogP contribution is 2.22. The van der Waals surface area contributed by atoms with Crippen molar-refractivity contribution in [2.45, 2.75) is 19.4 Å². The Hall–Kier alpha value is -1.87. The van der Waals surface area contributed by atoms with Crippen LogP contribution in [-0.2, 0) is 0 Å². The molecule has 2 nitrogen and oxygen atoms in total. The minimum Gasteiger partial charge on any atom is -0.374 e. The van der Waals surface area contributed by atoms with Gasteiger partial charge in [-0.25, -0.2) is 4.39 Å². The quantitative estimate of drug-likeness (QED) is 0.866. The molecule has 1 unspecified atom stereocenters. The number of hydrogen-bond acceptors (Lipinski definition) is 2. The summed E-state index contributed by atoms with van der Waals surface area (Å²) >= 11 is 0. The Morgan fingerprint density at radius 3 is 2.43 bits per heavy atom. The van der Waals surface area contributed by atoms with E-state index >= 15 is 0 Å². The second-order valence-electron chi connectivity index (χ2n) is 5.36. The van der Waals surface area contributed by atoms with Crippen LogP contribution in [0, 0.1) is 12.7 Å². The average molecular weight is 286 g/mol. The van der Waals surface area contributed by atoms with Gasteiger partial charge >= 0.3 is 0 Å². The number of nitrogens with zero attached hydrogens (tertiary/aromatic N) is 1. The van der Waals surface area contributed by atoms with Gasteiger partial charge in [0.25, 0.3) is 0 Å². The molecule has 0 saturated heterocycles. The lowest BCUT2D eigenvalue weighted by Gasteiger charge is -2.25. The molecule has 0 heterocycles. The molecule has 2 aromatic carbocycles. The van der Waals surface area contributed by atoms with Gasteiger partial charge in [0.1, 0.15) is 5.82 Å². The fraction of sp³-hybridized carbons (Fsp3) is 0.333. The van der Waals surface area contributed by atoms with Gasteiger partial charge < -0.3 is 10.2 Å². The van der Waals surface area contributed by atoms with Crippen LogP contribution in [0.3, 0.4) is 0 Å². The lowest BCUT2D eigenvalue weighted by atomic mass is 10.0. The number of para-hydroxylation sites is 1. The van der Waals surface area contributed by atoms with Crippen LogP contribution in [0.25, 0.3) is 0 Å². The summed E-state index contributed by atoms with van der Waals surface area (Å²) in [5.41, 5.74) is 3.21. The summed E-state index contributed by atoms with van der Waals surface area (Å²) in [5, 5.41) is 3.21. The largest absolute Gasteiger partial charge is 0.374 e. The predicted octanol–water partition coefficient (Wildman–Crippen LogP) is 3.92. The number of hydrogen-bond donors (Lipinski definition) is 1. The second kappa shape index (κ2) is 7.23. The van der Waals surface area contributed by atoms with Crippen molar-refractivity contribution in [1.82, 2.24) is 5.32 Å². The van der Waals surface area contributed by atoms with Gasteiger partial charge in [0, 0.05) is 30.9 Å². The van der Waals surface area contributed by atoms with Crippen LogP contribution in [0.1, 0.15) is 23.6 Å². The van der Waals surface area contributed by atoms with Crippen molar-refractivity contribution in [2.24, 2.45) is 0 Å². The summed E-state index contributed by atoms with van der Waals surface area (Å²) in [6.07, 6.45) is 0.849. The Morgan fingerprint density at radius 2 is 1.76 bits per heavy atom. The van der Waals surface area contributed by atoms with Gasteiger partial charge in [-0.3, -0.25) is 0 Å². The van der Waals surface area contributed by atoms with E-state index in [-0.39, 0.29) is 11.9 Å². The van der Waals surface area contributed by atoms with Crippen LogP contribution in [-0.4, -0.2) is 20.6 Å². The highest BCUT2D eigenvalue weighted by Gasteiger charge is 2.14. The van der Waals surface area contributed by atoms with Gasteiger partial charge in [0.15, 0.2) is 0 Å². The Bertz CT molecular complexity index is 583. The van der Waals surface area contributed by atoms with Gasteiger partial charge in [-0.1, -0.05) is 36.4 Å². The average Bonchev–Trinajstić information content (AvgIpc) is 2.49. The van der Waals surface area contributed by atoms with Crippen LogP contribution in [0.15, 0.2) is 48.5 Å². The van der Waals surface area contributed by atoms with Crippen molar-refractivity contribution in [3.05, 3.63) is 65.5 Å². The van der Waals surface area contributed by atoms with E-state index in [9.17, 15) is 4.39 Å². The number of halogens is 1. The molecule has 0 aliphatic heterocycles.